The fourth-order valence-corrected chi connectivity index (χ4v) is 2.05. The number of nitrogens with zero attached hydrogens (tertiary/aromatic N) is 1. The maximum atomic E-state index is 11.6. The van der Waals surface area contributed by atoms with E-state index in [4.69, 9.17) is 5.73 Å². The van der Waals surface area contributed by atoms with Gasteiger partial charge in [-0.1, -0.05) is 24.3 Å². The average molecular weight is 219 g/mol. The van der Waals surface area contributed by atoms with Crippen molar-refractivity contribution in [2.45, 2.75) is 19.0 Å². The second-order valence-corrected chi connectivity index (χ2v) is 4.12. The molecule has 1 saturated heterocycles. The molecule has 1 aliphatic rings. The maximum absolute atomic E-state index is 11.6. The van der Waals surface area contributed by atoms with E-state index in [2.05, 4.69) is 5.32 Å². The lowest BCUT2D eigenvalue weighted by Gasteiger charge is -2.31. The van der Waals surface area contributed by atoms with Gasteiger partial charge >= 0.3 is 6.03 Å². The molecule has 0 aliphatic carbocycles. The van der Waals surface area contributed by atoms with Crippen molar-refractivity contribution in [2.24, 2.45) is 5.73 Å². The second kappa shape index (κ2) is 4.53. The van der Waals surface area contributed by atoms with Gasteiger partial charge in [-0.05, 0) is 17.5 Å². The molecule has 3 N–H and O–H groups in total. The smallest absolute Gasteiger partial charge is 0.317 e. The lowest BCUT2D eigenvalue weighted by atomic mass is 9.97. The van der Waals surface area contributed by atoms with Crippen LogP contribution in [0, 0.1) is 0 Å². The summed E-state index contributed by atoms with van der Waals surface area (Å²) < 4.78 is 0. The van der Waals surface area contributed by atoms with Gasteiger partial charge in [0.05, 0.1) is 6.04 Å². The third-order valence-electron chi connectivity index (χ3n) is 3.05. The number of hydrogen-bond donors (Lipinski definition) is 2. The third kappa shape index (κ3) is 2.02. The monoisotopic (exact) mass is 219 g/mol. The lowest BCUT2D eigenvalue weighted by molar-refractivity contribution is 0.187. The summed E-state index contributed by atoms with van der Waals surface area (Å²) in [5.41, 5.74) is 7.95. The van der Waals surface area contributed by atoms with Gasteiger partial charge in [0, 0.05) is 20.1 Å². The van der Waals surface area contributed by atoms with Gasteiger partial charge < -0.3 is 16.0 Å². The standard InChI is InChI=1S/C12H17N3O/c1-15-7-6-11(14-12(15)16)10-5-3-2-4-9(10)8-13/h2-5,11H,6-8,13H2,1H3,(H,14,16). The summed E-state index contributed by atoms with van der Waals surface area (Å²) in [5, 5.41) is 2.99. The highest BCUT2D eigenvalue weighted by Crippen LogP contribution is 2.23. The first-order chi connectivity index (χ1) is 7.72. The van der Waals surface area contributed by atoms with Crippen molar-refractivity contribution < 1.29 is 4.79 Å². The van der Waals surface area contributed by atoms with E-state index < -0.39 is 0 Å². The Morgan fingerprint density at radius 2 is 2.25 bits per heavy atom. The number of amides is 2. The highest BCUT2D eigenvalue weighted by Gasteiger charge is 2.24. The van der Waals surface area contributed by atoms with E-state index in [9.17, 15) is 4.79 Å². The van der Waals surface area contributed by atoms with Crippen LogP contribution in [0.5, 0.6) is 0 Å². The highest BCUT2D eigenvalue weighted by atomic mass is 16.2. The number of carbonyl (C=O) groups is 1. The van der Waals surface area contributed by atoms with Crippen LogP contribution in [-0.2, 0) is 6.54 Å². The number of benzene rings is 1. The molecule has 0 radical (unpaired) electrons. The zero-order valence-corrected chi connectivity index (χ0v) is 9.44. The van der Waals surface area contributed by atoms with Crippen LogP contribution in [-0.4, -0.2) is 24.5 Å². The first-order valence-corrected chi connectivity index (χ1v) is 5.52. The Morgan fingerprint density at radius 3 is 2.94 bits per heavy atom. The summed E-state index contributed by atoms with van der Waals surface area (Å²) in [6, 6.07) is 8.10. The maximum Gasteiger partial charge on any atom is 0.317 e. The molecule has 1 aliphatic heterocycles. The summed E-state index contributed by atoms with van der Waals surface area (Å²) in [6.45, 7) is 1.30. The topological polar surface area (TPSA) is 58.4 Å². The Kier molecular flexibility index (Phi) is 3.10. The van der Waals surface area contributed by atoms with Gasteiger partial charge in [-0.2, -0.15) is 0 Å². The Labute approximate surface area is 95.4 Å². The molecular weight excluding hydrogens is 202 g/mol. The Morgan fingerprint density at radius 1 is 1.50 bits per heavy atom. The summed E-state index contributed by atoms with van der Waals surface area (Å²) >= 11 is 0. The fourth-order valence-electron chi connectivity index (χ4n) is 2.05. The number of rotatable bonds is 2. The van der Waals surface area contributed by atoms with Crippen molar-refractivity contribution >= 4 is 6.03 Å². The van der Waals surface area contributed by atoms with Gasteiger partial charge in [-0.25, -0.2) is 4.79 Å². The molecule has 86 valence electrons. The van der Waals surface area contributed by atoms with Crippen LogP contribution in [0.15, 0.2) is 24.3 Å². The van der Waals surface area contributed by atoms with Gasteiger partial charge in [0.1, 0.15) is 0 Å². The predicted octanol–water partition coefficient (Wildman–Crippen LogP) is 1.23. The van der Waals surface area contributed by atoms with Crippen LogP contribution in [0.25, 0.3) is 0 Å². The molecule has 1 unspecified atom stereocenters. The Balaban J connectivity index is 2.21. The first kappa shape index (κ1) is 11.0. The van der Waals surface area contributed by atoms with Crippen molar-refractivity contribution in [3.05, 3.63) is 35.4 Å². The van der Waals surface area contributed by atoms with Crippen LogP contribution < -0.4 is 11.1 Å². The molecule has 0 aromatic heterocycles. The molecule has 4 nitrogen and oxygen atoms in total. The molecule has 1 fully saturated rings. The van der Waals surface area contributed by atoms with E-state index in [1.807, 2.05) is 24.3 Å². The summed E-state index contributed by atoms with van der Waals surface area (Å²) in [7, 11) is 1.81. The average Bonchev–Trinajstić information content (AvgIpc) is 2.32. The fraction of sp³-hybridized carbons (Fsp3) is 0.417. The molecule has 0 bridgehead atoms. The van der Waals surface area contributed by atoms with Crippen LogP contribution in [0.1, 0.15) is 23.6 Å². The van der Waals surface area contributed by atoms with Crippen LogP contribution in [0.2, 0.25) is 0 Å². The molecule has 1 aromatic rings. The van der Waals surface area contributed by atoms with Crippen LogP contribution in [0.4, 0.5) is 4.79 Å². The zero-order chi connectivity index (χ0) is 11.5. The van der Waals surface area contributed by atoms with E-state index in [0.29, 0.717) is 6.54 Å². The summed E-state index contributed by atoms with van der Waals surface area (Å²) in [6.07, 6.45) is 0.930. The number of nitrogens with one attached hydrogen (secondary N) is 1. The number of hydrogen-bond acceptors (Lipinski definition) is 2. The van der Waals surface area contributed by atoms with Gasteiger partial charge in [0.2, 0.25) is 0 Å². The van der Waals surface area contributed by atoms with Crippen molar-refractivity contribution in [3.63, 3.8) is 0 Å². The van der Waals surface area contributed by atoms with Gasteiger partial charge in [0.25, 0.3) is 0 Å². The van der Waals surface area contributed by atoms with Crippen LogP contribution in [0.3, 0.4) is 0 Å². The van der Waals surface area contributed by atoms with Crippen molar-refractivity contribution in [1.82, 2.24) is 10.2 Å². The van der Waals surface area contributed by atoms with Gasteiger partial charge in [-0.15, -0.1) is 0 Å². The molecule has 1 heterocycles. The molecule has 4 heteroatoms. The SMILES string of the molecule is CN1CCC(c2ccccc2CN)NC1=O. The van der Waals surface area contributed by atoms with Crippen LogP contribution >= 0.6 is 0 Å². The van der Waals surface area contributed by atoms with E-state index in [-0.39, 0.29) is 12.1 Å². The number of urea groups is 1. The van der Waals surface area contributed by atoms with Crippen molar-refractivity contribution in [1.29, 1.82) is 0 Å². The van der Waals surface area contributed by atoms with E-state index in [1.165, 1.54) is 0 Å². The summed E-state index contributed by atoms with van der Waals surface area (Å²) in [4.78, 5) is 13.3. The molecule has 2 rings (SSSR count). The Bertz CT molecular complexity index is 392. The minimum atomic E-state index is -0.0110. The van der Waals surface area contributed by atoms with E-state index in [0.717, 1.165) is 24.1 Å². The summed E-state index contributed by atoms with van der Waals surface area (Å²) in [5.74, 6) is 0. The molecule has 2 amide bonds. The lowest BCUT2D eigenvalue weighted by Crippen LogP contribution is -2.46. The quantitative estimate of drug-likeness (QED) is 0.786. The predicted molar refractivity (Wildman–Crippen MR) is 62.9 cm³/mol. The van der Waals surface area contributed by atoms with E-state index in [1.54, 1.807) is 11.9 Å². The Hall–Kier alpha value is -1.55. The first-order valence-electron chi connectivity index (χ1n) is 5.52. The normalized spacial score (nSPS) is 20.8. The third-order valence-corrected chi connectivity index (χ3v) is 3.05. The largest absolute Gasteiger partial charge is 0.331 e. The molecule has 0 saturated carbocycles. The minimum absolute atomic E-state index is 0.0110. The van der Waals surface area contributed by atoms with Crippen molar-refractivity contribution in [2.75, 3.05) is 13.6 Å². The number of nitrogens with two attached hydrogens (primary N) is 1. The van der Waals surface area contributed by atoms with Gasteiger partial charge in [0.15, 0.2) is 0 Å². The second-order valence-electron chi connectivity index (χ2n) is 4.12. The molecule has 16 heavy (non-hydrogen) atoms. The molecular formula is C12H17N3O. The highest BCUT2D eigenvalue weighted by molar-refractivity contribution is 5.75. The van der Waals surface area contributed by atoms with Gasteiger partial charge in [-0.3, -0.25) is 0 Å². The van der Waals surface area contributed by atoms with E-state index >= 15 is 0 Å². The minimum Gasteiger partial charge on any atom is -0.331 e. The van der Waals surface area contributed by atoms with Crippen molar-refractivity contribution in [3.8, 4) is 0 Å². The molecule has 1 aromatic carbocycles. The molecule has 0 spiro atoms. The number of carbonyl (C=O) groups excluding carboxylic acids is 1. The molecule has 1 atom stereocenters. The zero-order valence-electron chi connectivity index (χ0n) is 9.44.